The number of pyridine rings is 2. The van der Waals surface area contributed by atoms with Crippen molar-refractivity contribution >= 4 is 5.82 Å². The van der Waals surface area contributed by atoms with E-state index in [9.17, 15) is 4.79 Å². The Kier molecular flexibility index (Phi) is 4.37. The molecule has 0 aliphatic rings. The largest absolute Gasteiger partial charge is 0.364 e. The van der Waals surface area contributed by atoms with E-state index in [0.717, 1.165) is 28.5 Å². The molecule has 0 bridgehead atoms. The third-order valence-electron chi connectivity index (χ3n) is 3.83. The molecule has 2 N–H and O–H groups in total. The number of hydrogen-bond donors (Lipinski definition) is 2. The van der Waals surface area contributed by atoms with Gasteiger partial charge >= 0.3 is 0 Å². The number of nitrogens with zero attached hydrogens (tertiary/aromatic N) is 3. The molecule has 0 saturated carbocycles. The van der Waals surface area contributed by atoms with Gasteiger partial charge in [0.1, 0.15) is 11.6 Å². The SMILES string of the molecule is Cc1cccc(CNc2ccc(-c3nc(C)c(C)c(=O)[nH]3)cn2)n1. The van der Waals surface area contributed by atoms with Crippen molar-refractivity contribution in [2.75, 3.05) is 5.32 Å². The fraction of sp³-hybridized carbons (Fsp3) is 0.222. The van der Waals surface area contributed by atoms with E-state index in [1.54, 1.807) is 13.1 Å². The van der Waals surface area contributed by atoms with E-state index in [1.807, 2.05) is 44.2 Å². The zero-order valence-corrected chi connectivity index (χ0v) is 13.9. The van der Waals surface area contributed by atoms with E-state index >= 15 is 0 Å². The van der Waals surface area contributed by atoms with E-state index in [2.05, 4.69) is 25.3 Å². The third kappa shape index (κ3) is 3.48. The molecule has 6 heteroatoms. The quantitative estimate of drug-likeness (QED) is 0.772. The van der Waals surface area contributed by atoms with Crippen LogP contribution in [0.4, 0.5) is 5.82 Å². The monoisotopic (exact) mass is 321 g/mol. The van der Waals surface area contributed by atoms with Gasteiger partial charge in [0.05, 0.1) is 12.2 Å². The smallest absolute Gasteiger partial charge is 0.254 e. The Hall–Kier alpha value is -3.02. The summed E-state index contributed by atoms with van der Waals surface area (Å²) in [5, 5.41) is 3.23. The molecule has 0 radical (unpaired) electrons. The van der Waals surface area contributed by atoms with Gasteiger partial charge < -0.3 is 10.3 Å². The summed E-state index contributed by atoms with van der Waals surface area (Å²) < 4.78 is 0. The van der Waals surface area contributed by atoms with Crippen LogP contribution in [-0.4, -0.2) is 19.9 Å². The lowest BCUT2D eigenvalue weighted by Crippen LogP contribution is -2.14. The number of hydrogen-bond acceptors (Lipinski definition) is 5. The Bertz CT molecular complexity index is 915. The van der Waals surface area contributed by atoms with Gasteiger partial charge in [-0.3, -0.25) is 9.78 Å². The van der Waals surface area contributed by atoms with Crippen molar-refractivity contribution in [2.24, 2.45) is 0 Å². The molecule has 0 saturated heterocycles. The van der Waals surface area contributed by atoms with Crippen LogP contribution in [0.1, 0.15) is 22.6 Å². The highest BCUT2D eigenvalue weighted by Gasteiger charge is 2.06. The number of aromatic amines is 1. The number of rotatable bonds is 4. The lowest BCUT2D eigenvalue weighted by atomic mass is 10.2. The Morgan fingerprint density at radius 3 is 2.58 bits per heavy atom. The van der Waals surface area contributed by atoms with E-state index in [4.69, 9.17) is 0 Å². The van der Waals surface area contributed by atoms with Crippen molar-refractivity contribution in [3.63, 3.8) is 0 Å². The summed E-state index contributed by atoms with van der Waals surface area (Å²) in [5.41, 5.74) is 3.96. The molecule has 0 aliphatic heterocycles. The number of nitrogens with one attached hydrogen (secondary N) is 2. The van der Waals surface area contributed by atoms with Crippen LogP contribution in [0.5, 0.6) is 0 Å². The fourth-order valence-corrected chi connectivity index (χ4v) is 2.30. The molecule has 3 aromatic rings. The third-order valence-corrected chi connectivity index (χ3v) is 3.83. The van der Waals surface area contributed by atoms with Gasteiger partial charge in [-0.2, -0.15) is 0 Å². The fourth-order valence-electron chi connectivity index (χ4n) is 2.30. The average Bonchev–Trinajstić information content (AvgIpc) is 2.58. The second-order valence-electron chi connectivity index (χ2n) is 5.68. The van der Waals surface area contributed by atoms with Gasteiger partial charge in [0, 0.05) is 28.7 Å². The maximum atomic E-state index is 11.9. The Balaban J connectivity index is 1.75. The van der Waals surface area contributed by atoms with Crippen LogP contribution in [-0.2, 0) is 6.54 Å². The Morgan fingerprint density at radius 1 is 1.08 bits per heavy atom. The number of anilines is 1. The van der Waals surface area contributed by atoms with E-state index in [1.165, 1.54) is 0 Å². The first-order valence-corrected chi connectivity index (χ1v) is 7.73. The highest BCUT2D eigenvalue weighted by molar-refractivity contribution is 5.56. The zero-order valence-electron chi connectivity index (χ0n) is 13.9. The molecule has 0 fully saturated rings. The summed E-state index contributed by atoms with van der Waals surface area (Å²) >= 11 is 0. The molecule has 0 aliphatic carbocycles. The van der Waals surface area contributed by atoms with Crippen molar-refractivity contribution in [3.05, 3.63) is 69.5 Å². The van der Waals surface area contributed by atoms with Crippen molar-refractivity contribution in [3.8, 4) is 11.4 Å². The molecule has 0 amide bonds. The normalized spacial score (nSPS) is 10.6. The van der Waals surface area contributed by atoms with Crippen molar-refractivity contribution in [1.82, 2.24) is 19.9 Å². The standard InChI is InChI=1S/C18H19N5O/c1-11-5-4-6-15(21-11)10-20-16-8-7-14(9-19-16)17-22-13(3)12(2)18(24)23-17/h4-9H,10H2,1-3H3,(H,19,20)(H,22,23,24). The van der Waals surface area contributed by atoms with Crippen molar-refractivity contribution in [2.45, 2.75) is 27.3 Å². The summed E-state index contributed by atoms with van der Waals surface area (Å²) in [6.45, 7) is 6.16. The molecule has 6 nitrogen and oxygen atoms in total. The van der Waals surface area contributed by atoms with Crippen molar-refractivity contribution in [1.29, 1.82) is 0 Å². The molecule has 3 rings (SSSR count). The summed E-state index contributed by atoms with van der Waals surface area (Å²) in [6.07, 6.45) is 1.69. The lowest BCUT2D eigenvalue weighted by Gasteiger charge is -2.07. The maximum Gasteiger partial charge on any atom is 0.254 e. The van der Waals surface area contributed by atoms with Gasteiger partial charge in [-0.25, -0.2) is 9.97 Å². The molecule has 0 spiro atoms. The highest BCUT2D eigenvalue weighted by atomic mass is 16.1. The Labute approximate surface area is 140 Å². The van der Waals surface area contributed by atoms with Crippen LogP contribution < -0.4 is 10.9 Å². The topological polar surface area (TPSA) is 83.6 Å². The molecule has 0 aromatic carbocycles. The molecular formula is C18H19N5O. The molecule has 0 unspecified atom stereocenters. The van der Waals surface area contributed by atoms with Gasteiger partial charge in [0.2, 0.25) is 0 Å². The second-order valence-corrected chi connectivity index (χ2v) is 5.68. The van der Waals surface area contributed by atoms with Gasteiger partial charge in [-0.05, 0) is 45.0 Å². The average molecular weight is 321 g/mol. The van der Waals surface area contributed by atoms with Crippen LogP contribution in [0.2, 0.25) is 0 Å². The molecule has 3 aromatic heterocycles. The predicted molar refractivity (Wildman–Crippen MR) is 93.9 cm³/mol. The first kappa shape index (κ1) is 15.9. The summed E-state index contributed by atoms with van der Waals surface area (Å²) in [7, 11) is 0. The molecule has 122 valence electrons. The molecule has 3 heterocycles. The van der Waals surface area contributed by atoms with Gasteiger partial charge in [0.15, 0.2) is 0 Å². The molecule has 24 heavy (non-hydrogen) atoms. The second kappa shape index (κ2) is 6.62. The van der Waals surface area contributed by atoms with Gasteiger partial charge in [0.25, 0.3) is 5.56 Å². The first-order chi connectivity index (χ1) is 11.5. The molecule has 0 atom stereocenters. The number of H-pyrrole nitrogens is 1. The minimum Gasteiger partial charge on any atom is -0.364 e. The first-order valence-electron chi connectivity index (χ1n) is 7.73. The minimum atomic E-state index is -0.120. The summed E-state index contributed by atoms with van der Waals surface area (Å²) in [6, 6.07) is 9.66. The summed E-state index contributed by atoms with van der Waals surface area (Å²) in [4.78, 5) is 27.9. The summed E-state index contributed by atoms with van der Waals surface area (Å²) in [5.74, 6) is 1.27. The maximum absolute atomic E-state index is 11.9. The van der Waals surface area contributed by atoms with Crippen LogP contribution >= 0.6 is 0 Å². The number of aryl methyl sites for hydroxylation is 2. The van der Waals surface area contributed by atoms with Gasteiger partial charge in [-0.15, -0.1) is 0 Å². The predicted octanol–water partition coefficient (Wildman–Crippen LogP) is 2.76. The molecular weight excluding hydrogens is 302 g/mol. The zero-order chi connectivity index (χ0) is 17.1. The van der Waals surface area contributed by atoms with Crippen LogP contribution in [0.3, 0.4) is 0 Å². The van der Waals surface area contributed by atoms with Crippen LogP contribution in [0.25, 0.3) is 11.4 Å². The van der Waals surface area contributed by atoms with Crippen molar-refractivity contribution < 1.29 is 0 Å². The van der Waals surface area contributed by atoms with Crippen LogP contribution in [0.15, 0.2) is 41.3 Å². The number of aromatic nitrogens is 4. The lowest BCUT2D eigenvalue weighted by molar-refractivity contribution is 1.00. The highest BCUT2D eigenvalue weighted by Crippen LogP contribution is 2.15. The van der Waals surface area contributed by atoms with E-state index < -0.39 is 0 Å². The van der Waals surface area contributed by atoms with Crippen LogP contribution in [0, 0.1) is 20.8 Å². The van der Waals surface area contributed by atoms with Gasteiger partial charge in [-0.1, -0.05) is 6.07 Å². The van der Waals surface area contributed by atoms with E-state index in [0.29, 0.717) is 17.9 Å². The van der Waals surface area contributed by atoms with E-state index in [-0.39, 0.29) is 5.56 Å². The Morgan fingerprint density at radius 2 is 1.92 bits per heavy atom. The minimum absolute atomic E-state index is 0.120.